The van der Waals surface area contributed by atoms with Crippen LogP contribution in [0.5, 0.6) is 0 Å². The van der Waals surface area contributed by atoms with Gasteiger partial charge in [-0.25, -0.2) is 8.42 Å². The summed E-state index contributed by atoms with van der Waals surface area (Å²) < 4.78 is 33.0. The molecule has 8 heteroatoms. The predicted molar refractivity (Wildman–Crippen MR) is 92.8 cm³/mol. The quantitative estimate of drug-likeness (QED) is 0.816. The van der Waals surface area contributed by atoms with Crippen LogP contribution in [-0.4, -0.2) is 61.4 Å². The van der Waals surface area contributed by atoms with Crippen LogP contribution in [0.4, 0.5) is 0 Å². The average molecular weight is 373 g/mol. The fraction of sp³-hybridized carbons (Fsp3) is 0.688. The Bertz CT molecular complexity index is 720. The zero-order chi connectivity index (χ0) is 17.5. The number of thiophene rings is 1. The summed E-state index contributed by atoms with van der Waals surface area (Å²) in [6, 6.07) is 1.56. The third kappa shape index (κ3) is 3.37. The van der Waals surface area contributed by atoms with E-state index in [4.69, 9.17) is 4.74 Å². The monoisotopic (exact) mass is 372 g/mol. The van der Waals surface area contributed by atoms with E-state index in [2.05, 4.69) is 0 Å². The van der Waals surface area contributed by atoms with E-state index >= 15 is 0 Å². The van der Waals surface area contributed by atoms with Crippen LogP contribution in [0.1, 0.15) is 43.3 Å². The first kappa shape index (κ1) is 17.8. The number of hydrogen-bond donors (Lipinski definition) is 0. The Morgan fingerprint density at radius 3 is 2.62 bits per heavy atom. The van der Waals surface area contributed by atoms with Crippen molar-refractivity contribution in [1.29, 1.82) is 0 Å². The molecule has 0 spiro atoms. The van der Waals surface area contributed by atoms with Crippen LogP contribution in [0.3, 0.4) is 0 Å². The highest BCUT2D eigenvalue weighted by Crippen LogP contribution is 2.30. The third-order valence-corrected chi connectivity index (χ3v) is 7.34. The van der Waals surface area contributed by atoms with E-state index in [1.54, 1.807) is 16.3 Å². The normalized spacial score (nSPS) is 25.1. The molecule has 0 bridgehead atoms. The fourth-order valence-corrected chi connectivity index (χ4v) is 6.36. The number of rotatable bonds is 3. The van der Waals surface area contributed by atoms with Crippen LogP contribution in [0, 0.1) is 0 Å². The van der Waals surface area contributed by atoms with Crippen molar-refractivity contribution in [3.63, 3.8) is 0 Å². The van der Waals surface area contributed by atoms with E-state index in [0.29, 0.717) is 31.1 Å². The fourth-order valence-electron chi connectivity index (χ4n) is 3.48. The molecule has 0 aromatic carbocycles. The molecule has 0 aliphatic carbocycles. The average Bonchev–Trinajstić information content (AvgIpc) is 3.16. The molecule has 134 valence electrons. The summed E-state index contributed by atoms with van der Waals surface area (Å²) in [5, 5.41) is 1.69. The van der Waals surface area contributed by atoms with Gasteiger partial charge in [-0.1, -0.05) is 0 Å². The second-order valence-electron chi connectivity index (χ2n) is 7.10. The Labute approximate surface area is 147 Å². The number of carbonyl (C=O) groups excluding carboxylic acids is 1. The molecule has 0 saturated carbocycles. The van der Waals surface area contributed by atoms with Crippen LogP contribution in [-0.2, 0) is 14.8 Å². The van der Waals surface area contributed by atoms with Gasteiger partial charge in [0, 0.05) is 26.2 Å². The first-order chi connectivity index (χ1) is 11.2. The van der Waals surface area contributed by atoms with Gasteiger partial charge in [0.25, 0.3) is 5.91 Å². The molecule has 6 nitrogen and oxygen atoms in total. The predicted octanol–water partition coefficient (Wildman–Crippen LogP) is 2.17. The molecule has 0 N–H and O–H groups in total. The summed E-state index contributed by atoms with van der Waals surface area (Å²) >= 11 is 1.20. The molecule has 1 aromatic rings. The minimum Gasteiger partial charge on any atom is -0.369 e. The van der Waals surface area contributed by atoms with Gasteiger partial charge < -0.3 is 9.64 Å². The van der Waals surface area contributed by atoms with Crippen molar-refractivity contribution in [1.82, 2.24) is 9.21 Å². The maximum atomic E-state index is 13.0. The van der Waals surface area contributed by atoms with Crippen LogP contribution < -0.4 is 0 Å². The molecular formula is C16H24N2O4S2. The summed E-state index contributed by atoms with van der Waals surface area (Å²) in [5.41, 5.74) is -0.432. The molecule has 2 aliphatic rings. The van der Waals surface area contributed by atoms with Gasteiger partial charge in [0.05, 0.1) is 11.7 Å². The van der Waals surface area contributed by atoms with Crippen LogP contribution >= 0.6 is 11.3 Å². The van der Waals surface area contributed by atoms with Crippen molar-refractivity contribution in [2.75, 3.05) is 26.2 Å². The zero-order valence-electron chi connectivity index (χ0n) is 14.3. The van der Waals surface area contributed by atoms with E-state index < -0.39 is 15.6 Å². The molecule has 1 aromatic heterocycles. The van der Waals surface area contributed by atoms with Gasteiger partial charge in [-0.2, -0.15) is 4.31 Å². The summed E-state index contributed by atoms with van der Waals surface area (Å²) in [4.78, 5) is 15.1. The van der Waals surface area contributed by atoms with Gasteiger partial charge in [-0.05, 0) is 45.1 Å². The molecule has 2 fully saturated rings. The summed E-state index contributed by atoms with van der Waals surface area (Å²) in [7, 11) is -3.59. The van der Waals surface area contributed by atoms with Crippen molar-refractivity contribution >= 4 is 27.3 Å². The summed E-state index contributed by atoms with van der Waals surface area (Å²) in [5.74, 6) is -0.217. The van der Waals surface area contributed by atoms with Crippen molar-refractivity contribution in [2.24, 2.45) is 0 Å². The Hall–Kier alpha value is -0.960. The SMILES string of the molecule is CC1CN(C(=O)c2sccc2S(=O)(=O)N2CCCC2)CC(C)(C)O1. The van der Waals surface area contributed by atoms with Gasteiger partial charge in [0.15, 0.2) is 0 Å². The Morgan fingerprint density at radius 2 is 2.00 bits per heavy atom. The van der Waals surface area contributed by atoms with Crippen molar-refractivity contribution in [3.8, 4) is 0 Å². The highest BCUT2D eigenvalue weighted by atomic mass is 32.2. The summed E-state index contributed by atoms with van der Waals surface area (Å²) in [6.07, 6.45) is 1.68. The van der Waals surface area contributed by atoms with Crippen LogP contribution in [0.15, 0.2) is 16.3 Å². The van der Waals surface area contributed by atoms with Crippen LogP contribution in [0.2, 0.25) is 0 Å². The second kappa shape index (κ2) is 6.40. The van der Waals surface area contributed by atoms with E-state index in [-0.39, 0.29) is 16.9 Å². The van der Waals surface area contributed by atoms with Crippen molar-refractivity contribution < 1.29 is 17.9 Å². The first-order valence-corrected chi connectivity index (χ1v) is 10.6. The van der Waals surface area contributed by atoms with Crippen molar-refractivity contribution in [2.45, 2.75) is 50.2 Å². The highest BCUT2D eigenvalue weighted by Gasteiger charge is 2.37. The third-order valence-electron chi connectivity index (χ3n) is 4.36. The van der Waals surface area contributed by atoms with Gasteiger partial charge in [-0.15, -0.1) is 11.3 Å². The topological polar surface area (TPSA) is 66.9 Å². The molecule has 1 unspecified atom stereocenters. The molecule has 3 rings (SSSR count). The molecule has 0 radical (unpaired) electrons. The van der Waals surface area contributed by atoms with E-state index in [0.717, 1.165) is 12.8 Å². The van der Waals surface area contributed by atoms with Gasteiger partial charge in [-0.3, -0.25) is 4.79 Å². The number of amides is 1. The van der Waals surface area contributed by atoms with E-state index in [1.807, 2.05) is 20.8 Å². The maximum Gasteiger partial charge on any atom is 0.265 e. The zero-order valence-corrected chi connectivity index (χ0v) is 16.0. The van der Waals surface area contributed by atoms with Crippen LogP contribution in [0.25, 0.3) is 0 Å². The van der Waals surface area contributed by atoms with Crippen molar-refractivity contribution in [3.05, 3.63) is 16.3 Å². The second-order valence-corrected chi connectivity index (χ2v) is 9.92. The molecule has 24 heavy (non-hydrogen) atoms. The Balaban J connectivity index is 1.88. The number of hydrogen-bond acceptors (Lipinski definition) is 5. The lowest BCUT2D eigenvalue weighted by Crippen LogP contribution is -2.53. The lowest BCUT2D eigenvalue weighted by Gasteiger charge is -2.41. The smallest absolute Gasteiger partial charge is 0.265 e. The van der Waals surface area contributed by atoms with Gasteiger partial charge in [0.2, 0.25) is 10.0 Å². The number of sulfonamides is 1. The first-order valence-electron chi connectivity index (χ1n) is 8.25. The number of nitrogens with zero attached hydrogens (tertiary/aromatic N) is 2. The molecular weight excluding hydrogens is 348 g/mol. The lowest BCUT2D eigenvalue weighted by molar-refractivity contribution is -0.118. The molecule has 2 aliphatic heterocycles. The lowest BCUT2D eigenvalue weighted by atomic mass is 10.1. The summed E-state index contributed by atoms with van der Waals surface area (Å²) in [6.45, 7) is 7.82. The van der Waals surface area contributed by atoms with E-state index in [1.165, 1.54) is 15.6 Å². The van der Waals surface area contributed by atoms with E-state index in [9.17, 15) is 13.2 Å². The molecule has 1 atom stereocenters. The molecule has 3 heterocycles. The standard InChI is InChI=1S/C16H24N2O4S2/c1-12-10-17(11-16(2,3)22-12)15(19)14-13(6-9-23-14)24(20,21)18-7-4-5-8-18/h6,9,12H,4-5,7-8,10-11H2,1-3H3. The number of morpholine rings is 1. The Kier molecular flexibility index (Phi) is 4.76. The Morgan fingerprint density at radius 1 is 1.33 bits per heavy atom. The largest absolute Gasteiger partial charge is 0.369 e. The maximum absolute atomic E-state index is 13.0. The minimum atomic E-state index is -3.59. The number of carbonyl (C=O) groups is 1. The van der Waals surface area contributed by atoms with Gasteiger partial charge in [0.1, 0.15) is 9.77 Å². The molecule has 2 saturated heterocycles. The minimum absolute atomic E-state index is 0.0729. The molecule has 1 amide bonds. The highest BCUT2D eigenvalue weighted by molar-refractivity contribution is 7.89. The van der Waals surface area contributed by atoms with Gasteiger partial charge >= 0.3 is 0 Å². The number of ether oxygens (including phenoxy) is 1.